The molecule has 0 radical (unpaired) electrons. The molecule has 2 heterocycles. The Bertz CT molecular complexity index is 1890. The van der Waals surface area contributed by atoms with Crippen molar-refractivity contribution in [1.82, 2.24) is 30.3 Å². The van der Waals surface area contributed by atoms with Crippen LogP contribution >= 0.6 is 21.6 Å². The Labute approximate surface area is 413 Å². The molecule has 2 aromatic rings. The number of rotatable bonds is 24. The van der Waals surface area contributed by atoms with Crippen molar-refractivity contribution in [3.63, 3.8) is 0 Å². The number of aliphatic hydroxyl groups excluding tert-OH is 1. The topological polar surface area (TPSA) is 180 Å². The van der Waals surface area contributed by atoms with E-state index in [9.17, 15) is 29.1 Å². The van der Waals surface area contributed by atoms with E-state index in [0.29, 0.717) is 30.2 Å². The van der Waals surface area contributed by atoms with Crippen molar-refractivity contribution in [2.24, 2.45) is 23.7 Å². The van der Waals surface area contributed by atoms with Gasteiger partial charge in [0.05, 0.1) is 48.8 Å². The molecule has 1 aromatic carbocycles. The third kappa shape index (κ3) is 15.3. The van der Waals surface area contributed by atoms with Crippen LogP contribution in [-0.4, -0.2) is 143 Å². The fourth-order valence-electron chi connectivity index (χ4n) is 9.68. The average molecular weight is 985 g/mol. The number of nitrogens with zero attached hydrogens (tertiary/aromatic N) is 4. The third-order valence-electron chi connectivity index (χ3n) is 13.9. The maximum atomic E-state index is 14.7. The van der Waals surface area contributed by atoms with Crippen molar-refractivity contribution in [1.29, 1.82) is 0 Å². The molecule has 15 nitrogen and oxygen atoms in total. The van der Waals surface area contributed by atoms with E-state index < -0.39 is 60.4 Å². The lowest BCUT2D eigenvalue weighted by atomic mass is 9.89. The molecular weight excluding hydrogens is 905 g/mol. The van der Waals surface area contributed by atoms with Crippen LogP contribution in [0.1, 0.15) is 118 Å². The van der Waals surface area contributed by atoms with Crippen LogP contribution in [0.3, 0.4) is 0 Å². The van der Waals surface area contributed by atoms with Crippen molar-refractivity contribution >= 4 is 51.3 Å². The number of methoxy groups -OCH3 is 2. The van der Waals surface area contributed by atoms with Gasteiger partial charge in [-0.2, -0.15) is 0 Å². The van der Waals surface area contributed by atoms with Gasteiger partial charge >= 0.3 is 6.09 Å². The van der Waals surface area contributed by atoms with Gasteiger partial charge in [0.25, 0.3) is 0 Å². The fourth-order valence-corrected chi connectivity index (χ4v) is 12.2. The van der Waals surface area contributed by atoms with Crippen molar-refractivity contribution < 1.29 is 43.3 Å². The van der Waals surface area contributed by atoms with E-state index in [2.05, 4.69) is 15.6 Å². The number of hydrogen-bond donors (Lipinski definition) is 3. The summed E-state index contributed by atoms with van der Waals surface area (Å²) in [5.74, 6) is -2.59. The van der Waals surface area contributed by atoms with Gasteiger partial charge in [-0.25, -0.2) is 9.78 Å². The maximum Gasteiger partial charge on any atom is 0.410 e. The number of likely N-dealkylation sites (tertiary alicyclic amines) is 1. The van der Waals surface area contributed by atoms with Gasteiger partial charge in [-0.3, -0.25) is 24.1 Å². The van der Waals surface area contributed by atoms with Gasteiger partial charge in [-0.05, 0) is 91.7 Å². The maximum absolute atomic E-state index is 14.7. The summed E-state index contributed by atoms with van der Waals surface area (Å²) < 4.78 is 18.0. The van der Waals surface area contributed by atoms with Crippen LogP contribution in [0.2, 0.25) is 0 Å². The Morgan fingerprint density at radius 3 is 2.07 bits per heavy atom. The number of carbonyl (C=O) groups excluding carboxylic acids is 5. The zero-order valence-electron chi connectivity index (χ0n) is 42.5. The lowest BCUT2D eigenvalue weighted by Crippen LogP contribution is -2.60. The first kappa shape index (κ1) is 56.7. The standard InChI is InChI=1S/C51H80N6O9S2/c1-13-33(6)45(40(64-11)30-42(58)57-29-19-22-39(57)47(65-12)34(7)48(60)53-35(8)46(59)36-20-15-14-16-21-36)55(9)50(62)43(31(2)3)54-49(61)44(32(4)5)56(10)51(63)66-37-24-26-38(27-25-37)67-68-41-23-17-18-28-52-41/h14-18,20-21,23,28,31-35,37-40,43-47,59H,13,19,22,24-27,29-30H2,1-12H3,(H,53,60)(H,54,61)/t33-,34+,35+,37?,38?,39+,40+,43-,44-,45-,46+,47+/m0/s1. The number of hydrogen-bond acceptors (Lipinski definition) is 12. The number of ether oxygens (including phenoxy) is 3. The molecule has 0 unspecified atom stereocenters. The molecule has 1 aliphatic heterocycles. The van der Waals surface area contributed by atoms with E-state index in [1.807, 2.05) is 90.1 Å². The number of pyridine rings is 1. The van der Waals surface area contributed by atoms with E-state index in [-0.39, 0.29) is 54.0 Å². The lowest BCUT2D eigenvalue weighted by molar-refractivity contribution is -0.148. The molecule has 4 rings (SSSR count). The molecule has 2 aliphatic rings. The summed E-state index contributed by atoms with van der Waals surface area (Å²) >= 11 is 0. The van der Waals surface area contributed by atoms with Crippen molar-refractivity contribution in [2.75, 3.05) is 34.9 Å². The summed E-state index contributed by atoms with van der Waals surface area (Å²) in [5, 5.41) is 18.3. The quantitative estimate of drug-likeness (QED) is 0.0883. The van der Waals surface area contributed by atoms with E-state index in [4.69, 9.17) is 14.2 Å². The van der Waals surface area contributed by atoms with E-state index in [0.717, 1.165) is 37.1 Å². The number of carbonyl (C=O) groups is 5. The van der Waals surface area contributed by atoms with Crippen molar-refractivity contribution in [3.8, 4) is 0 Å². The van der Waals surface area contributed by atoms with E-state index in [1.165, 1.54) is 4.90 Å². The van der Waals surface area contributed by atoms with Gasteiger partial charge in [-0.15, -0.1) is 0 Å². The fraction of sp³-hybridized carbons (Fsp3) is 0.686. The summed E-state index contributed by atoms with van der Waals surface area (Å²) in [6, 6.07) is 11.7. The molecule has 1 saturated heterocycles. The largest absolute Gasteiger partial charge is 0.446 e. The molecule has 0 bridgehead atoms. The SMILES string of the molecule is CC[C@H](C)[C@@H]([C@@H](CC(=O)N1CCC[C@@H]1[C@H](OC)[C@@H](C)C(=O)N[C@H](C)[C@@H](O)c1ccccc1)OC)N(C)C(=O)[C@@H](NC(=O)[C@H](C(C)C)N(C)C(=O)OC1CCC(SSc2ccccn2)CC1)C(C)C. The highest BCUT2D eigenvalue weighted by Gasteiger charge is 2.44. The second-order valence-electron chi connectivity index (χ2n) is 19.4. The Morgan fingerprint density at radius 1 is 0.838 bits per heavy atom. The second-order valence-corrected chi connectivity index (χ2v) is 21.9. The minimum absolute atomic E-state index is 0.0252. The summed E-state index contributed by atoms with van der Waals surface area (Å²) in [5.41, 5.74) is 0.696. The van der Waals surface area contributed by atoms with Crippen LogP contribution in [0.15, 0.2) is 59.8 Å². The summed E-state index contributed by atoms with van der Waals surface area (Å²) in [6.45, 7) is 15.5. The molecule has 5 amide bonds. The molecule has 17 heteroatoms. The molecule has 3 N–H and O–H groups in total. The molecule has 0 spiro atoms. The first-order valence-electron chi connectivity index (χ1n) is 24.5. The summed E-state index contributed by atoms with van der Waals surface area (Å²) in [6.07, 6.45) is 4.03. The number of likely N-dealkylation sites (N-methyl/N-ethyl adjacent to an activating group) is 2. The monoisotopic (exact) mass is 985 g/mol. The van der Waals surface area contributed by atoms with Crippen molar-refractivity contribution in [2.45, 2.75) is 172 Å². The van der Waals surface area contributed by atoms with Gasteiger partial charge in [0, 0.05) is 46.3 Å². The second kappa shape index (κ2) is 27.5. The smallest absolute Gasteiger partial charge is 0.410 e. The van der Waals surface area contributed by atoms with Crippen molar-refractivity contribution in [3.05, 3.63) is 60.3 Å². The summed E-state index contributed by atoms with van der Waals surface area (Å²) in [7, 11) is 9.81. The molecular formula is C51H80N6O9S2. The van der Waals surface area contributed by atoms with Gasteiger partial charge < -0.3 is 39.8 Å². The Kier molecular flexibility index (Phi) is 22.9. The highest BCUT2D eigenvalue weighted by atomic mass is 33.1. The van der Waals surface area contributed by atoms with Crippen LogP contribution in [0.25, 0.3) is 0 Å². The van der Waals surface area contributed by atoms with Crippen LogP contribution in [0, 0.1) is 23.7 Å². The predicted octanol–water partition coefficient (Wildman–Crippen LogP) is 7.53. The summed E-state index contributed by atoms with van der Waals surface area (Å²) in [4.78, 5) is 79.6. The van der Waals surface area contributed by atoms with Crippen LogP contribution in [-0.2, 0) is 33.4 Å². The highest BCUT2D eigenvalue weighted by molar-refractivity contribution is 8.76. The van der Waals surface area contributed by atoms with Crippen LogP contribution in [0.5, 0.6) is 0 Å². The Hall–Kier alpha value is -3.90. The molecule has 1 aliphatic carbocycles. The zero-order valence-corrected chi connectivity index (χ0v) is 44.1. The lowest BCUT2D eigenvalue weighted by Gasteiger charge is -2.41. The van der Waals surface area contributed by atoms with Gasteiger partial charge in [0.15, 0.2) is 0 Å². The minimum Gasteiger partial charge on any atom is -0.446 e. The molecule has 1 saturated carbocycles. The van der Waals surface area contributed by atoms with Gasteiger partial charge in [-0.1, -0.05) is 102 Å². The molecule has 2 fully saturated rings. The first-order chi connectivity index (χ1) is 32.3. The molecule has 68 heavy (non-hydrogen) atoms. The number of amides is 5. The Morgan fingerprint density at radius 2 is 1.50 bits per heavy atom. The molecule has 10 atom stereocenters. The van der Waals surface area contributed by atoms with E-state index >= 15 is 0 Å². The predicted molar refractivity (Wildman–Crippen MR) is 268 cm³/mol. The Balaban J connectivity index is 1.40. The number of aromatic nitrogens is 1. The zero-order chi connectivity index (χ0) is 50.2. The third-order valence-corrected chi connectivity index (χ3v) is 16.7. The number of benzene rings is 1. The van der Waals surface area contributed by atoms with Crippen LogP contribution < -0.4 is 10.6 Å². The van der Waals surface area contributed by atoms with Gasteiger partial charge in [0.2, 0.25) is 23.6 Å². The molecule has 380 valence electrons. The first-order valence-corrected chi connectivity index (χ1v) is 26.7. The van der Waals surface area contributed by atoms with E-state index in [1.54, 1.807) is 79.7 Å². The highest BCUT2D eigenvalue weighted by Crippen LogP contribution is 2.40. The molecule has 1 aromatic heterocycles. The van der Waals surface area contributed by atoms with Crippen LogP contribution in [0.4, 0.5) is 4.79 Å². The normalized spacial score (nSPS) is 21.4. The number of aliphatic hydroxyl groups is 1. The van der Waals surface area contributed by atoms with Gasteiger partial charge in [0.1, 0.15) is 23.2 Å². The minimum atomic E-state index is -0.941. The average Bonchev–Trinajstić information content (AvgIpc) is 3.82. The number of nitrogens with one attached hydrogen (secondary N) is 2.